The van der Waals surface area contributed by atoms with Crippen molar-refractivity contribution in [2.24, 2.45) is 0 Å². The summed E-state index contributed by atoms with van der Waals surface area (Å²) in [6.07, 6.45) is 3.30. The number of fused-ring (bicyclic) bond motifs is 1. The normalized spacial score (nSPS) is 11.2. The second kappa shape index (κ2) is 6.32. The van der Waals surface area contributed by atoms with Crippen LogP contribution < -0.4 is 5.32 Å². The first-order chi connectivity index (χ1) is 10.7. The Bertz CT molecular complexity index is 769. The highest BCUT2D eigenvalue weighted by atomic mass is 15.0. The summed E-state index contributed by atoms with van der Waals surface area (Å²) in [5.74, 6) is 0. The highest BCUT2D eigenvalue weighted by molar-refractivity contribution is 5.67. The Morgan fingerprint density at radius 1 is 1.00 bits per heavy atom. The van der Waals surface area contributed by atoms with Crippen molar-refractivity contribution >= 4 is 5.65 Å². The van der Waals surface area contributed by atoms with Crippen LogP contribution in [0, 0.1) is 13.8 Å². The van der Waals surface area contributed by atoms with Gasteiger partial charge in [0.15, 0.2) is 0 Å². The van der Waals surface area contributed by atoms with E-state index >= 15 is 0 Å². The molecule has 3 nitrogen and oxygen atoms in total. The van der Waals surface area contributed by atoms with E-state index in [2.05, 4.69) is 73.1 Å². The van der Waals surface area contributed by atoms with Crippen molar-refractivity contribution in [3.8, 4) is 11.3 Å². The van der Waals surface area contributed by atoms with Crippen LogP contribution in [0.4, 0.5) is 0 Å². The van der Waals surface area contributed by atoms with E-state index in [1.165, 1.54) is 22.4 Å². The van der Waals surface area contributed by atoms with Crippen LogP contribution in [-0.2, 0) is 6.54 Å². The molecule has 0 aliphatic rings. The number of imidazole rings is 1. The molecule has 0 saturated carbocycles. The van der Waals surface area contributed by atoms with Gasteiger partial charge < -0.3 is 9.72 Å². The van der Waals surface area contributed by atoms with Gasteiger partial charge in [-0.2, -0.15) is 0 Å². The molecule has 1 N–H and O–H groups in total. The Kier molecular flexibility index (Phi) is 4.25. The summed E-state index contributed by atoms with van der Waals surface area (Å²) in [7, 11) is 0. The van der Waals surface area contributed by atoms with E-state index in [1.807, 2.05) is 0 Å². The molecule has 0 aliphatic heterocycles. The van der Waals surface area contributed by atoms with E-state index < -0.39 is 0 Å². The number of pyridine rings is 1. The van der Waals surface area contributed by atoms with Gasteiger partial charge in [-0.25, -0.2) is 4.98 Å². The molecule has 0 spiro atoms. The molecule has 0 aliphatic carbocycles. The third-order valence-corrected chi connectivity index (χ3v) is 3.91. The van der Waals surface area contributed by atoms with Crippen LogP contribution >= 0.6 is 0 Å². The zero-order chi connectivity index (χ0) is 15.5. The lowest BCUT2D eigenvalue weighted by atomic mass is 10.1. The molecule has 1 aromatic carbocycles. The van der Waals surface area contributed by atoms with Crippen molar-refractivity contribution in [3.63, 3.8) is 0 Å². The molecule has 3 rings (SSSR count). The molecule has 0 bridgehead atoms. The van der Waals surface area contributed by atoms with Crippen molar-refractivity contribution in [2.45, 2.75) is 33.7 Å². The van der Waals surface area contributed by atoms with Crippen LogP contribution in [-0.4, -0.2) is 15.9 Å². The van der Waals surface area contributed by atoms with Gasteiger partial charge in [-0.3, -0.25) is 0 Å². The fourth-order valence-electron chi connectivity index (χ4n) is 2.69. The average molecular weight is 293 g/mol. The Morgan fingerprint density at radius 2 is 1.73 bits per heavy atom. The average Bonchev–Trinajstić information content (AvgIpc) is 2.86. The molecule has 2 aromatic heterocycles. The van der Waals surface area contributed by atoms with E-state index in [0.29, 0.717) is 0 Å². The van der Waals surface area contributed by atoms with E-state index in [4.69, 9.17) is 4.98 Å². The molecule has 3 aromatic rings. The standard InChI is InChI=1S/C19H23N3/c1-4-11-20-12-17-19(16-8-5-14(2)6-9-16)21-18-10-7-15(3)13-22(17)18/h5-10,13,20H,4,11-12H2,1-3H3. The van der Waals surface area contributed by atoms with Crippen LogP contribution in [0.2, 0.25) is 0 Å². The van der Waals surface area contributed by atoms with Gasteiger partial charge in [0.25, 0.3) is 0 Å². The summed E-state index contributed by atoms with van der Waals surface area (Å²) >= 11 is 0. The van der Waals surface area contributed by atoms with E-state index in [0.717, 1.165) is 30.9 Å². The summed E-state index contributed by atoms with van der Waals surface area (Å²) in [6.45, 7) is 8.27. The van der Waals surface area contributed by atoms with Gasteiger partial charge in [-0.1, -0.05) is 42.8 Å². The summed E-state index contributed by atoms with van der Waals surface area (Å²) in [4.78, 5) is 4.86. The fourth-order valence-corrected chi connectivity index (χ4v) is 2.69. The topological polar surface area (TPSA) is 29.3 Å². The molecule has 2 heterocycles. The maximum atomic E-state index is 4.86. The SMILES string of the molecule is CCCNCc1c(-c2ccc(C)cc2)nc2ccc(C)cn12. The summed E-state index contributed by atoms with van der Waals surface area (Å²) in [5, 5.41) is 3.51. The van der Waals surface area contributed by atoms with Gasteiger partial charge in [0.05, 0.1) is 11.4 Å². The quantitative estimate of drug-likeness (QED) is 0.717. The molecule has 0 saturated heterocycles. The van der Waals surface area contributed by atoms with Crippen molar-refractivity contribution < 1.29 is 0 Å². The highest BCUT2D eigenvalue weighted by Crippen LogP contribution is 2.25. The van der Waals surface area contributed by atoms with E-state index in [-0.39, 0.29) is 0 Å². The summed E-state index contributed by atoms with van der Waals surface area (Å²) in [6, 6.07) is 12.8. The molecule has 0 fully saturated rings. The fraction of sp³-hybridized carbons (Fsp3) is 0.316. The summed E-state index contributed by atoms with van der Waals surface area (Å²) < 4.78 is 2.22. The maximum absolute atomic E-state index is 4.86. The number of hydrogen-bond donors (Lipinski definition) is 1. The van der Waals surface area contributed by atoms with Gasteiger partial charge >= 0.3 is 0 Å². The van der Waals surface area contributed by atoms with Crippen LogP contribution in [0.1, 0.15) is 30.2 Å². The second-order valence-electron chi connectivity index (χ2n) is 5.88. The first kappa shape index (κ1) is 14.8. The molecule has 0 unspecified atom stereocenters. The minimum atomic E-state index is 0.835. The molecular formula is C19H23N3. The smallest absolute Gasteiger partial charge is 0.137 e. The van der Waals surface area contributed by atoms with E-state index in [9.17, 15) is 0 Å². The minimum absolute atomic E-state index is 0.835. The first-order valence-electron chi connectivity index (χ1n) is 7.94. The van der Waals surface area contributed by atoms with Gasteiger partial charge in [-0.05, 0) is 38.4 Å². The first-order valence-corrected chi connectivity index (χ1v) is 7.94. The lowest BCUT2D eigenvalue weighted by molar-refractivity contribution is 0.662. The Morgan fingerprint density at radius 3 is 2.45 bits per heavy atom. The Hall–Kier alpha value is -2.13. The molecule has 3 heteroatoms. The van der Waals surface area contributed by atoms with Crippen LogP contribution in [0.25, 0.3) is 16.9 Å². The third kappa shape index (κ3) is 2.90. The monoisotopic (exact) mass is 293 g/mol. The highest BCUT2D eigenvalue weighted by Gasteiger charge is 2.13. The molecule has 0 radical (unpaired) electrons. The predicted molar refractivity (Wildman–Crippen MR) is 92.1 cm³/mol. The Balaban J connectivity index is 2.10. The zero-order valence-corrected chi connectivity index (χ0v) is 13.6. The number of benzene rings is 1. The molecule has 22 heavy (non-hydrogen) atoms. The largest absolute Gasteiger partial charge is 0.311 e. The number of nitrogens with one attached hydrogen (secondary N) is 1. The van der Waals surface area contributed by atoms with E-state index in [1.54, 1.807) is 0 Å². The molecule has 0 amide bonds. The minimum Gasteiger partial charge on any atom is -0.311 e. The lowest BCUT2D eigenvalue weighted by Crippen LogP contribution is -2.15. The van der Waals surface area contributed by atoms with Crippen LogP contribution in [0.3, 0.4) is 0 Å². The van der Waals surface area contributed by atoms with Crippen molar-refractivity contribution in [1.82, 2.24) is 14.7 Å². The van der Waals surface area contributed by atoms with Crippen molar-refractivity contribution in [1.29, 1.82) is 0 Å². The van der Waals surface area contributed by atoms with Gasteiger partial charge in [0.2, 0.25) is 0 Å². The lowest BCUT2D eigenvalue weighted by Gasteiger charge is -2.07. The molecular weight excluding hydrogens is 270 g/mol. The number of nitrogens with zero attached hydrogens (tertiary/aromatic N) is 2. The molecule has 0 atom stereocenters. The van der Waals surface area contributed by atoms with Gasteiger partial charge in [0, 0.05) is 18.3 Å². The van der Waals surface area contributed by atoms with Gasteiger partial charge in [0.1, 0.15) is 5.65 Å². The predicted octanol–water partition coefficient (Wildman–Crippen LogP) is 4.12. The van der Waals surface area contributed by atoms with Crippen molar-refractivity contribution in [3.05, 3.63) is 59.4 Å². The van der Waals surface area contributed by atoms with Crippen LogP contribution in [0.5, 0.6) is 0 Å². The van der Waals surface area contributed by atoms with Crippen LogP contribution in [0.15, 0.2) is 42.6 Å². The third-order valence-electron chi connectivity index (χ3n) is 3.91. The maximum Gasteiger partial charge on any atom is 0.137 e. The number of hydrogen-bond acceptors (Lipinski definition) is 2. The number of aromatic nitrogens is 2. The van der Waals surface area contributed by atoms with Gasteiger partial charge in [-0.15, -0.1) is 0 Å². The second-order valence-corrected chi connectivity index (χ2v) is 5.88. The summed E-state index contributed by atoms with van der Waals surface area (Å²) in [5.41, 5.74) is 7.02. The zero-order valence-electron chi connectivity index (χ0n) is 13.6. The molecule has 114 valence electrons. The van der Waals surface area contributed by atoms with Crippen molar-refractivity contribution in [2.75, 3.05) is 6.54 Å². The number of rotatable bonds is 5. The Labute approximate surface area is 132 Å². The number of aryl methyl sites for hydroxylation is 2.